The average molecular weight is 317 g/mol. The molecule has 0 N–H and O–H groups in total. The molecule has 0 saturated heterocycles. The lowest BCUT2D eigenvalue weighted by Gasteiger charge is -2.33. The molecule has 3 heteroatoms. The third kappa shape index (κ3) is 3.33. The van der Waals surface area contributed by atoms with Gasteiger partial charge in [-0.05, 0) is 31.4 Å². The van der Waals surface area contributed by atoms with E-state index in [1.807, 2.05) is 74.5 Å². The highest BCUT2D eigenvalue weighted by atomic mass is 35.5. The first-order valence-electron chi connectivity index (χ1n) is 7.43. The topological polar surface area (TPSA) is 26.3 Å². The number of hydrogen-bond donors (Lipinski definition) is 0. The van der Waals surface area contributed by atoms with E-state index in [9.17, 15) is 4.79 Å². The average Bonchev–Trinajstić information content (AvgIpc) is 2.56. The van der Waals surface area contributed by atoms with Crippen molar-refractivity contribution in [2.75, 3.05) is 0 Å². The van der Waals surface area contributed by atoms with Gasteiger partial charge in [-0.15, -0.1) is 11.6 Å². The molecule has 2 aromatic carbocycles. The SMILES string of the molecule is CCC(C)(Cl)C(=O)OC(C)(c1ccccc1)c1ccccc1. The van der Waals surface area contributed by atoms with Crippen LogP contribution in [0.4, 0.5) is 0 Å². The predicted molar refractivity (Wildman–Crippen MR) is 90.0 cm³/mol. The highest BCUT2D eigenvalue weighted by Gasteiger charge is 2.39. The zero-order valence-corrected chi connectivity index (χ0v) is 13.9. The van der Waals surface area contributed by atoms with Crippen LogP contribution in [0.15, 0.2) is 60.7 Å². The summed E-state index contributed by atoms with van der Waals surface area (Å²) in [5.41, 5.74) is 0.960. The van der Waals surface area contributed by atoms with Gasteiger partial charge in [0.1, 0.15) is 4.87 Å². The van der Waals surface area contributed by atoms with E-state index >= 15 is 0 Å². The molecule has 116 valence electrons. The third-order valence-corrected chi connectivity index (χ3v) is 4.46. The summed E-state index contributed by atoms with van der Waals surface area (Å²) in [4.78, 5) is 11.5. The van der Waals surface area contributed by atoms with Gasteiger partial charge in [0, 0.05) is 0 Å². The summed E-state index contributed by atoms with van der Waals surface area (Å²) < 4.78 is 5.89. The molecule has 0 aliphatic rings. The van der Waals surface area contributed by atoms with E-state index in [-0.39, 0.29) is 0 Å². The molecule has 0 amide bonds. The van der Waals surface area contributed by atoms with E-state index in [0.717, 1.165) is 11.1 Å². The van der Waals surface area contributed by atoms with Crippen molar-refractivity contribution in [3.8, 4) is 0 Å². The Labute approximate surface area is 137 Å². The number of rotatable bonds is 5. The van der Waals surface area contributed by atoms with E-state index < -0.39 is 16.4 Å². The van der Waals surface area contributed by atoms with Crippen LogP contribution in [0.2, 0.25) is 0 Å². The van der Waals surface area contributed by atoms with E-state index in [4.69, 9.17) is 16.3 Å². The van der Waals surface area contributed by atoms with Gasteiger partial charge in [0.05, 0.1) is 0 Å². The van der Waals surface area contributed by atoms with E-state index in [1.165, 1.54) is 0 Å². The van der Waals surface area contributed by atoms with Crippen molar-refractivity contribution in [3.63, 3.8) is 0 Å². The van der Waals surface area contributed by atoms with Gasteiger partial charge in [0.25, 0.3) is 0 Å². The van der Waals surface area contributed by atoms with E-state index in [2.05, 4.69) is 0 Å². The first kappa shape index (κ1) is 16.6. The highest BCUT2D eigenvalue weighted by molar-refractivity contribution is 6.33. The maximum absolute atomic E-state index is 12.5. The van der Waals surface area contributed by atoms with E-state index in [1.54, 1.807) is 6.92 Å². The Balaban J connectivity index is 2.46. The van der Waals surface area contributed by atoms with Crippen LogP contribution in [0.25, 0.3) is 0 Å². The number of ether oxygens (including phenoxy) is 1. The van der Waals surface area contributed by atoms with Crippen molar-refractivity contribution in [1.82, 2.24) is 0 Å². The summed E-state index contributed by atoms with van der Waals surface area (Å²) in [7, 11) is 0. The molecule has 1 atom stereocenters. The van der Waals surface area contributed by atoms with Gasteiger partial charge < -0.3 is 4.74 Å². The first-order chi connectivity index (χ1) is 10.4. The number of alkyl halides is 1. The predicted octanol–water partition coefficient (Wildman–Crippen LogP) is 4.90. The molecule has 0 radical (unpaired) electrons. The number of hydrogen-bond acceptors (Lipinski definition) is 2. The van der Waals surface area contributed by atoms with Crippen LogP contribution in [-0.4, -0.2) is 10.8 Å². The summed E-state index contributed by atoms with van der Waals surface area (Å²) in [6.45, 7) is 5.46. The Kier molecular flexibility index (Phi) is 4.92. The Morgan fingerprint density at radius 1 is 0.955 bits per heavy atom. The Morgan fingerprint density at radius 3 is 1.73 bits per heavy atom. The number of carbonyl (C=O) groups excluding carboxylic acids is 1. The first-order valence-corrected chi connectivity index (χ1v) is 7.81. The largest absolute Gasteiger partial charge is 0.448 e. The zero-order valence-electron chi connectivity index (χ0n) is 13.2. The fourth-order valence-electron chi connectivity index (χ4n) is 2.23. The standard InChI is InChI=1S/C19H21ClO2/c1-4-18(2,20)17(21)22-19(3,15-11-7-5-8-12-15)16-13-9-6-10-14-16/h5-14H,4H2,1-3H3. The molecule has 0 heterocycles. The highest BCUT2D eigenvalue weighted by Crippen LogP contribution is 2.35. The van der Waals surface area contributed by atoms with Gasteiger partial charge in [-0.2, -0.15) is 0 Å². The van der Waals surface area contributed by atoms with Crippen molar-refractivity contribution in [3.05, 3.63) is 71.8 Å². The normalized spacial score (nSPS) is 14.2. The smallest absolute Gasteiger partial charge is 0.328 e. The second kappa shape index (κ2) is 6.53. The molecule has 2 nitrogen and oxygen atoms in total. The second-order valence-corrected chi connectivity index (χ2v) is 6.54. The van der Waals surface area contributed by atoms with Gasteiger partial charge in [-0.1, -0.05) is 67.6 Å². The fraction of sp³-hybridized carbons (Fsp3) is 0.316. The Morgan fingerprint density at radius 2 is 1.36 bits per heavy atom. The maximum Gasteiger partial charge on any atom is 0.328 e. The monoisotopic (exact) mass is 316 g/mol. The molecule has 2 aromatic rings. The van der Waals surface area contributed by atoms with Crippen molar-refractivity contribution in [1.29, 1.82) is 0 Å². The summed E-state index contributed by atoms with van der Waals surface area (Å²) in [6, 6.07) is 19.4. The van der Waals surface area contributed by atoms with E-state index in [0.29, 0.717) is 6.42 Å². The van der Waals surface area contributed by atoms with Crippen LogP contribution in [0.1, 0.15) is 38.3 Å². The summed E-state index contributed by atoms with van der Waals surface area (Å²) in [5.74, 6) is -0.410. The van der Waals surface area contributed by atoms with Gasteiger partial charge in [0.15, 0.2) is 5.60 Å². The molecule has 22 heavy (non-hydrogen) atoms. The van der Waals surface area contributed by atoms with Crippen LogP contribution >= 0.6 is 11.6 Å². The van der Waals surface area contributed by atoms with Gasteiger partial charge >= 0.3 is 5.97 Å². The van der Waals surface area contributed by atoms with Gasteiger partial charge in [-0.25, -0.2) is 0 Å². The molecule has 2 rings (SSSR count). The Hall–Kier alpha value is -1.80. The van der Waals surface area contributed by atoms with Crippen LogP contribution in [0.5, 0.6) is 0 Å². The number of halogens is 1. The van der Waals surface area contributed by atoms with Crippen LogP contribution in [0, 0.1) is 0 Å². The molecule has 0 aliphatic carbocycles. The van der Waals surface area contributed by atoms with Gasteiger partial charge in [0.2, 0.25) is 0 Å². The molecule has 0 aromatic heterocycles. The minimum absolute atomic E-state index is 0.410. The summed E-state index contributed by atoms with van der Waals surface area (Å²) in [5, 5.41) is 0. The van der Waals surface area contributed by atoms with Crippen molar-refractivity contribution in [2.24, 2.45) is 0 Å². The van der Waals surface area contributed by atoms with Crippen molar-refractivity contribution in [2.45, 2.75) is 37.7 Å². The third-order valence-electron chi connectivity index (χ3n) is 4.04. The zero-order chi connectivity index (χ0) is 16.2. The molecule has 0 saturated carbocycles. The lowest BCUT2D eigenvalue weighted by molar-refractivity contribution is -0.158. The van der Waals surface area contributed by atoms with Crippen LogP contribution < -0.4 is 0 Å². The Bertz CT molecular complexity index is 581. The van der Waals surface area contributed by atoms with Crippen molar-refractivity contribution >= 4 is 17.6 Å². The molecule has 0 spiro atoms. The molecule has 1 unspecified atom stereocenters. The molecular weight excluding hydrogens is 296 g/mol. The number of carbonyl (C=O) groups is 1. The molecule has 0 bridgehead atoms. The quantitative estimate of drug-likeness (QED) is 0.579. The summed E-state index contributed by atoms with van der Waals surface area (Å²) in [6.07, 6.45) is 0.507. The lowest BCUT2D eigenvalue weighted by atomic mass is 9.87. The van der Waals surface area contributed by atoms with Crippen LogP contribution in [0.3, 0.4) is 0 Å². The molecule has 0 aliphatic heterocycles. The van der Waals surface area contributed by atoms with Crippen LogP contribution in [-0.2, 0) is 15.1 Å². The molecular formula is C19H21ClO2. The van der Waals surface area contributed by atoms with Gasteiger partial charge in [-0.3, -0.25) is 4.79 Å². The fourth-order valence-corrected chi connectivity index (χ4v) is 2.27. The lowest BCUT2D eigenvalue weighted by Crippen LogP contribution is -2.38. The molecule has 0 fully saturated rings. The maximum atomic E-state index is 12.5. The van der Waals surface area contributed by atoms with Crippen molar-refractivity contribution < 1.29 is 9.53 Å². The summed E-state index contributed by atoms with van der Waals surface area (Å²) >= 11 is 6.28. The number of esters is 1. The minimum Gasteiger partial charge on any atom is -0.448 e. The number of benzene rings is 2. The second-order valence-electron chi connectivity index (χ2n) is 5.71. The minimum atomic E-state index is -1.02.